The van der Waals surface area contributed by atoms with Gasteiger partial charge in [0.2, 0.25) is 0 Å². The van der Waals surface area contributed by atoms with Gasteiger partial charge in [-0.15, -0.1) is 0 Å². The van der Waals surface area contributed by atoms with Crippen molar-refractivity contribution < 1.29 is 23.5 Å². The van der Waals surface area contributed by atoms with Gasteiger partial charge in [0.25, 0.3) is 5.91 Å². The van der Waals surface area contributed by atoms with Crippen molar-refractivity contribution in [3.8, 4) is 11.5 Å². The first-order chi connectivity index (χ1) is 16.5. The van der Waals surface area contributed by atoms with E-state index in [1.807, 2.05) is 6.07 Å². The van der Waals surface area contributed by atoms with Crippen LogP contribution < -0.4 is 19.7 Å². The maximum absolute atomic E-state index is 13.5. The molecule has 0 atom stereocenters. The lowest BCUT2D eigenvalue weighted by Gasteiger charge is -2.35. The Hall–Kier alpha value is -4.07. The summed E-state index contributed by atoms with van der Waals surface area (Å²) < 4.78 is 24.0. The number of hydrogen-bond donors (Lipinski definition) is 1. The topological polar surface area (TPSA) is 71.1 Å². The Bertz CT molecular complexity index is 1180. The summed E-state index contributed by atoms with van der Waals surface area (Å²) in [6, 6.07) is 18.2. The molecule has 0 radical (unpaired) electrons. The molecular weight excluding hydrogens is 437 g/mol. The van der Waals surface area contributed by atoms with Crippen LogP contribution in [0.15, 0.2) is 66.7 Å². The Morgan fingerprint density at radius 3 is 2.44 bits per heavy atom. The first-order valence-corrected chi connectivity index (χ1v) is 10.9. The summed E-state index contributed by atoms with van der Waals surface area (Å²) in [6.07, 6.45) is 0.804. The van der Waals surface area contributed by atoms with E-state index < -0.39 is 0 Å². The highest BCUT2D eigenvalue weighted by atomic mass is 19.1. The van der Waals surface area contributed by atoms with Gasteiger partial charge in [0.1, 0.15) is 5.82 Å². The van der Waals surface area contributed by atoms with Crippen LogP contribution in [0.25, 0.3) is 0 Å². The Balaban J connectivity index is 1.42. The summed E-state index contributed by atoms with van der Waals surface area (Å²) in [5.41, 5.74) is 2.52. The minimum Gasteiger partial charge on any atom is -0.493 e. The van der Waals surface area contributed by atoms with Crippen molar-refractivity contribution in [1.29, 1.82) is 0 Å². The molecule has 0 saturated carbocycles. The third-order valence-corrected chi connectivity index (χ3v) is 5.66. The molecule has 0 spiro atoms. The van der Waals surface area contributed by atoms with Gasteiger partial charge in [-0.1, -0.05) is 12.1 Å². The molecule has 1 fully saturated rings. The van der Waals surface area contributed by atoms with E-state index in [9.17, 15) is 14.0 Å². The van der Waals surface area contributed by atoms with E-state index in [1.54, 1.807) is 58.3 Å². The lowest BCUT2D eigenvalue weighted by atomic mass is 10.1. The van der Waals surface area contributed by atoms with Gasteiger partial charge in [0.15, 0.2) is 11.5 Å². The van der Waals surface area contributed by atoms with Crippen molar-refractivity contribution >= 4 is 23.3 Å². The zero-order valence-electron chi connectivity index (χ0n) is 19.1. The van der Waals surface area contributed by atoms with Crippen molar-refractivity contribution in [2.24, 2.45) is 0 Å². The molecule has 8 heteroatoms. The molecule has 0 unspecified atom stereocenters. The van der Waals surface area contributed by atoms with Crippen molar-refractivity contribution in [2.75, 3.05) is 37.5 Å². The van der Waals surface area contributed by atoms with Gasteiger partial charge < -0.3 is 19.7 Å². The maximum atomic E-state index is 13.5. The summed E-state index contributed by atoms with van der Waals surface area (Å²) in [5.74, 6) is 0.409. The third kappa shape index (κ3) is 5.11. The lowest BCUT2D eigenvalue weighted by molar-refractivity contribution is 0.102. The number of nitrogens with zero attached hydrogens (tertiary/aromatic N) is 2. The first kappa shape index (κ1) is 23.1. The third-order valence-electron chi connectivity index (χ3n) is 5.66. The molecule has 1 N–H and O–H groups in total. The number of carbonyl (C=O) groups excluding carboxylic acids is 2. The Kier molecular flexibility index (Phi) is 6.96. The predicted octanol–water partition coefficient (Wildman–Crippen LogP) is 4.93. The van der Waals surface area contributed by atoms with Crippen LogP contribution in [0.4, 0.5) is 20.6 Å². The number of urea groups is 1. The second kappa shape index (κ2) is 10.2. The van der Waals surface area contributed by atoms with Crippen LogP contribution in [0.5, 0.6) is 11.5 Å². The minimum absolute atomic E-state index is 0.127. The number of anilines is 2. The van der Waals surface area contributed by atoms with Crippen LogP contribution in [-0.2, 0) is 6.54 Å². The van der Waals surface area contributed by atoms with Crippen LogP contribution >= 0.6 is 0 Å². The normalized spacial score (nSPS) is 13.6. The highest BCUT2D eigenvalue weighted by Crippen LogP contribution is 2.28. The Morgan fingerprint density at radius 1 is 0.971 bits per heavy atom. The number of methoxy groups -OCH3 is 2. The molecule has 1 saturated heterocycles. The van der Waals surface area contributed by atoms with E-state index in [1.165, 1.54) is 26.4 Å². The monoisotopic (exact) mass is 463 g/mol. The van der Waals surface area contributed by atoms with E-state index >= 15 is 0 Å². The predicted molar refractivity (Wildman–Crippen MR) is 128 cm³/mol. The average Bonchev–Trinajstić information content (AvgIpc) is 2.85. The summed E-state index contributed by atoms with van der Waals surface area (Å²) in [7, 11) is 3.05. The molecule has 1 aliphatic heterocycles. The molecule has 3 aromatic rings. The molecule has 7 nitrogen and oxygen atoms in total. The van der Waals surface area contributed by atoms with E-state index in [2.05, 4.69) is 5.32 Å². The molecule has 34 heavy (non-hydrogen) atoms. The van der Waals surface area contributed by atoms with E-state index in [0.29, 0.717) is 42.4 Å². The molecule has 3 amide bonds. The zero-order chi connectivity index (χ0) is 24.1. The molecule has 0 aliphatic carbocycles. The summed E-state index contributed by atoms with van der Waals surface area (Å²) in [4.78, 5) is 29.1. The SMILES string of the molecule is COc1ccc(C(=O)Nc2ccc(N3CCCN(Cc4cccc(F)c4)C3=O)cc2)cc1OC. The lowest BCUT2D eigenvalue weighted by Crippen LogP contribution is -2.49. The quantitative estimate of drug-likeness (QED) is 0.540. The van der Waals surface area contributed by atoms with Gasteiger partial charge in [-0.2, -0.15) is 0 Å². The van der Waals surface area contributed by atoms with Gasteiger partial charge in [0, 0.05) is 36.6 Å². The molecule has 1 aliphatic rings. The number of halogens is 1. The van der Waals surface area contributed by atoms with Crippen LogP contribution in [0.1, 0.15) is 22.3 Å². The summed E-state index contributed by atoms with van der Waals surface area (Å²) in [6.45, 7) is 1.56. The largest absolute Gasteiger partial charge is 0.493 e. The zero-order valence-corrected chi connectivity index (χ0v) is 19.1. The molecule has 3 aromatic carbocycles. The van der Waals surface area contributed by atoms with Crippen LogP contribution in [0.3, 0.4) is 0 Å². The summed E-state index contributed by atoms with van der Waals surface area (Å²) in [5, 5.41) is 2.85. The van der Waals surface area contributed by atoms with E-state index in [-0.39, 0.29) is 17.8 Å². The summed E-state index contributed by atoms with van der Waals surface area (Å²) >= 11 is 0. The van der Waals surface area contributed by atoms with E-state index in [0.717, 1.165) is 17.7 Å². The fourth-order valence-electron chi connectivity index (χ4n) is 3.93. The fraction of sp³-hybridized carbons (Fsp3) is 0.231. The highest BCUT2D eigenvalue weighted by Gasteiger charge is 2.27. The second-order valence-electron chi connectivity index (χ2n) is 7.91. The number of rotatable bonds is 7. The fourth-order valence-corrected chi connectivity index (χ4v) is 3.93. The van der Waals surface area contributed by atoms with E-state index in [4.69, 9.17) is 9.47 Å². The second-order valence-corrected chi connectivity index (χ2v) is 7.91. The molecule has 176 valence electrons. The smallest absolute Gasteiger partial charge is 0.324 e. The maximum Gasteiger partial charge on any atom is 0.324 e. The minimum atomic E-state index is -0.315. The molecule has 4 rings (SSSR count). The van der Waals surface area contributed by atoms with Gasteiger partial charge >= 0.3 is 6.03 Å². The van der Waals surface area contributed by atoms with Crippen LogP contribution in [-0.4, -0.2) is 44.1 Å². The number of amides is 3. The highest BCUT2D eigenvalue weighted by molar-refractivity contribution is 6.04. The van der Waals surface area contributed by atoms with Gasteiger partial charge in [-0.05, 0) is 66.6 Å². The van der Waals surface area contributed by atoms with Gasteiger partial charge in [-0.3, -0.25) is 9.69 Å². The Labute approximate surface area is 197 Å². The Morgan fingerprint density at radius 2 is 1.74 bits per heavy atom. The average molecular weight is 464 g/mol. The van der Waals surface area contributed by atoms with Crippen molar-refractivity contribution in [1.82, 2.24) is 4.90 Å². The van der Waals surface area contributed by atoms with Crippen molar-refractivity contribution in [3.63, 3.8) is 0 Å². The molecular formula is C26H26FN3O4. The number of ether oxygens (including phenoxy) is 2. The number of hydrogen-bond acceptors (Lipinski definition) is 4. The first-order valence-electron chi connectivity index (χ1n) is 10.9. The van der Waals surface area contributed by atoms with Crippen molar-refractivity contribution in [2.45, 2.75) is 13.0 Å². The number of benzene rings is 3. The molecule has 0 bridgehead atoms. The van der Waals surface area contributed by atoms with Crippen molar-refractivity contribution in [3.05, 3.63) is 83.7 Å². The molecule has 1 heterocycles. The number of carbonyl (C=O) groups is 2. The number of nitrogens with one attached hydrogen (secondary N) is 1. The van der Waals surface area contributed by atoms with Crippen LogP contribution in [0, 0.1) is 5.82 Å². The van der Waals surface area contributed by atoms with Gasteiger partial charge in [-0.25, -0.2) is 9.18 Å². The molecule has 0 aromatic heterocycles. The van der Waals surface area contributed by atoms with Gasteiger partial charge in [0.05, 0.1) is 14.2 Å². The van der Waals surface area contributed by atoms with Crippen LogP contribution in [0.2, 0.25) is 0 Å². The standard InChI is InChI=1S/C26H26FN3O4/c1-33-23-12-7-19(16-24(23)34-2)25(31)28-21-8-10-22(11-9-21)30-14-4-13-29(26(30)32)17-18-5-3-6-20(27)15-18/h3,5-12,15-16H,4,13-14,17H2,1-2H3,(H,28,31).